The van der Waals surface area contributed by atoms with Crippen LogP contribution in [-0.2, 0) is 6.42 Å². The van der Waals surface area contributed by atoms with Crippen LogP contribution in [0.1, 0.15) is 44.1 Å². The fourth-order valence-corrected chi connectivity index (χ4v) is 5.85. The van der Waals surface area contributed by atoms with Gasteiger partial charge >= 0.3 is 6.03 Å². The number of rotatable bonds is 5. The molecule has 4 aliphatic rings. The van der Waals surface area contributed by atoms with Crippen LogP contribution in [0.4, 0.5) is 9.18 Å². The Morgan fingerprint density at radius 3 is 2.29 bits per heavy atom. The van der Waals surface area contributed by atoms with Gasteiger partial charge in [0.2, 0.25) is 0 Å². The molecule has 1 aromatic rings. The van der Waals surface area contributed by atoms with Crippen molar-refractivity contribution in [3.63, 3.8) is 0 Å². The lowest BCUT2D eigenvalue weighted by Gasteiger charge is -2.56. The molecule has 0 unspecified atom stereocenters. The molecule has 4 aliphatic carbocycles. The Balaban J connectivity index is 1.23. The van der Waals surface area contributed by atoms with Crippen LogP contribution in [0.2, 0.25) is 0 Å². The number of benzene rings is 1. The van der Waals surface area contributed by atoms with E-state index in [0.29, 0.717) is 23.9 Å². The molecule has 0 radical (unpaired) electrons. The molecule has 4 bridgehead atoms. The third-order valence-electron chi connectivity index (χ3n) is 6.43. The van der Waals surface area contributed by atoms with Crippen molar-refractivity contribution in [2.45, 2.75) is 44.9 Å². The maximum atomic E-state index is 13.6. The second-order valence-corrected chi connectivity index (χ2v) is 8.37. The van der Waals surface area contributed by atoms with E-state index in [1.807, 2.05) is 6.07 Å². The zero-order valence-electron chi connectivity index (χ0n) is 14.2. The zero-order valence-corrected chi connectivity index (χ0v) is 14.2. The van der Waals surface area contributed by atoms with E-state index < -0.39 is 0 Å². The third kappa shape index (κ3) is 3.28. The number of urea groups is 1. The lowest BCUT2D eigenvalue weighted by atomic mass is 9.49. The highest BCUT2D eigenvalue weighted by Crippen LogP contribution is 2.59. The Morgan fingerprint density at radius 1 is 1.04 bits per heavy atom. The predicted octanol–water partition coefficient (Wildman–Crippen LogP) is 3.88. The zero-order chi connectivity index (χ0) is 16.6. The van der Waals surface area contributed by atoms with Gasteiger partial charge in [0.05, 0.1) is 0 Å². The molecule has 0 aliphatic heterocycles. The van der Waals surface area contributed by atoms with Crippen LogP contribution in [-0.4, -0.2) is 19.1 Å². The van der Waals surface area contributed by atoms with Crippen LogP contribution in [0.25, 0.3) is 0 Å². The molecule has 2 amide bonds. The first-order chi connectivity index (χ1) is 11.6. The van der Waals surface area contributed by atoms with E-state index in [2.05, 4.69) is 10.6 Å². The SMILES string of the molecule is O=C(NCCc1ccccc1F)NCC12CC3CC(CC(C3)C1)C2. The molecule has 0 saturated heterocycles. The first-order valence-corrected chi connectivity index (χ1v) is 9.37. The second kappa shape index (κ2) is 6.38. The summed E-state index contributed by atoms with van der Waals surface area (Å²) in [6.07, 6.45) is 8.70. The summed E-state index contributed by atoms with van der Waals surface area (Å²) in [5.74, 6) is 2.51. The van der Waals surface area contributed by atoms with E-state index >= 15 is 0 Å². The number of amides is 2. The topological polar surface area (TPSA) is 41.1 Å². The molecule has 0 aromatic heterocycles. The lowest BCUT2D eigenvalue weighted by Crippen LogP contribution is -2.52. The smallest absolute Gasteiger partial charge is 0.314 e. The minimum atomic E-state index is -0.201. The Bertz CT molecular complexity index is 580. The van der Waals surface area contributed by atoms with Crippen molar-refractivity contribution in [2.75, 3.05) is 13.1 Å². The van der Waals surface area contributed by atoms with Gasteiger partial charge in [-0.2, -0.15) is 0 Å². The summed E-state index contributed by atoms with van der Waals surface area (Å²) in [5.41, 5.74) is 1.01. The summed E-state index contributed by atoms with van der Waals surface area (Å²) >= 11 is 0. The van der Waals surface area contributed by atoms with Crippen LogP contribution in [0.15, 0.2) is 24.3 Å². The van der Waals surface area contributed by atoms with Gasteiger partial charge in [-0.3, -0.25) is 0 Å². The van der Waals surface area contributed by atoms with Crippen LogP contribution in [0, 0.1) is 29.0 Å². The van der Waals surface area contributed by atoms with E-state index in [1.54, 1.807) is 12.1 Å². The number of nitrogens with one attached hydrogen (secondary N) is 2. The summed E-state index contributed by atoms with van der Waals surface area (Å²) in [6, 6.07) is 6.63. The normalized spacial score (nSPS) is 33.5. The monoisotopic (exact) mass is 330 g/mol. The molecule has 1 aromatic carbocycles. The van der Waals surface area contributed by atoms with E-state index in [4.69, 9.17) is 0 Å². The molecule has 2 N–H and O–H groups in total. The molecule has 4 fully saturated rings. The summed E-state index contributed by atoms with van der Waals surface area (Å²) in [5, 5.41) is 5.97. The van der Waals surface area contributed by atoms with Gasteiger partial charge in [0.15, 0.2) is 0 Å². The van der Waals surface area contributed by atoms with Crippen LogP contribution in [0.5, 0.6) is 0 Å². The maximum Gasteiger partial charge on any atom is 0.314 e. The first-order valence-electron chi connectivity index (χ1n) is 9.37. The van der Waals surface area contributed by atoms with Crippen molar-refractivity contribution >= 4 is 6.03 Å². The Kier molecular flexibility index (Phi) is 4.23. The molecule has 4 heteroatoms. The molecular weight excluding hydrogens is 303 g/mol. The van der Waals surface area contributed by atoms with Gasteiger partial charge in [0.1, 0.15) is 5.82 Å². The van der Waals surface area contributed by atoms with Gasteiger partial charge in [0, 0.05) is 13.1 Å². The van der Waals surface area contributed by atoms with E-state index in [0.717, 1.165) is 24.3 Å². The maximum absolute atomic E-state index is 13.6. The van der Waals surface area contributed by atoms with Crippen molar-refractivity contribution in [1.82, 2.24) is 10.6 Å². The molecule has 130 valence electrons. The molecular formula is C20H27FN2O. The van der Waals surface area contributed by atoms with Gasteiger partial charge in [-0.25, -0.2) is 9.18 Å². The third-order valence-corrected chi connectivity index (χ3v) is 6.43. The summed E-state index contributed by atoms with van der Waals surface area (Å²) in [4.78, 5) is 12.1. The minimum Gasteiger partial charge on any atom is -0.338 e. The Labute approximate surface area is 143 Å². The van der Waals surface area contributed by atoms with E-state index in [9.17, 15) is 9.18 Å². The summed E-state index contributed by atoms with van der Waals surface area (Å²) < 4.78 is 13.6. The van der Waals surface area contributed by atoms with Gasteiger partial charge in [0.25, 0.3) is 0 Å². The average Bonchev–Trinajstić information content (AvgIpc) is 2.54. The van der Waals surface area contributed by atoms with Crippen molar-refractivity contribution in [3.8, 4) is 0 Å². The highest BCUT2D eigenvalue weighted by Gasteiger charge is 2.50. The van der Waals surface area contributed by atoms with Crippen LogP contribution < -0.4 is 10.6 Å². The summed E-state index contributed by atoms with van der Waals surface area (Å²) in [7, 11) is 0. The number of hydrogen-bond acceptors (Lipinski definition) is 1. The number of hydrogen-bond donors (Lipinski definition) is 2. The standard InChI is InChI=1S/C20H27FN2O/c21-18-4-2-1-3-17(18)5-6-22-19(24)23-13-20-10-14-7-15(11-20)9-16(8-14)12-20/h1-4,14-16H,5-13H2,(H2,22,23,24). The minimum absolute atomic E-state index is 0.109. The van der Waals surface area contributed by atoms with Crippen molar-refractivity contribution < 1.29 is 9.18 Å². The van der Waals surface area contributed by atoms with Gasteiger partial charge < -0.3 is 10.6 Å². The van der Waals surface area contributed by atoms with E-state index in [1.165, 1.54) is 44.6 Å². The predicted molar refractivity (Wildman–Crippen MR) is 92.1 cm³/mol. The fraction of sp³-hybridized carbons (Fsp3) is 0.650. The number of carbonyl (C=O) groups is 1. The Morgan fingerprint density at radius 2 is 1.67 bits per heavy atom. The number of halogens is 1. The average molecular weight is 330 g/mol. The highest BCUT2D eigenvalue weighted by atomic mass is 19.1. The lowest BCUT2D eigenvalue weighted by molar-refractivity contribution is -0.0498. The number of carbonyl (C=O) groups excluding carboxylic acids is 1. The second-order valence-electron chi connectivity index (χ2n) is 8.37. The molecule has 5 rings (SSSR count). The van der Waals surface area contributed by atoms with Crippen LogP contribution >= 0.6 is 0 Å². The molecule has 0 atom stereocenters. The Hall–Kier alpha value is -1.58. The molecule has 4 saturated carbocycles. The summed E-state index contributed by atoms with van der Waals surface area (Å²) in [6.45, 7) is 1.27. The highest BCUT2D eigenvalue weighted by molar-refractivity contribution is 5.73. The van der Waals surface area contributed by atoms with Crippen molar-refractivity contribution in [3.05, 3.63) is 35.6 Å². The van der Waals surface area contributed by atoms with Gasteiger partial charge in [-0.15, -0.1) is 0 Å². The van der Waals surface area contributed by atoms with Gasteiger partial charge in [-0.1, -0.05) is 18.2 Å². The fourth-order valence-electron chi connectivity index (χ4n) is 5.85. The molecule has 0 spiro atoms. The van der Waals surface area contributed by atoms with Crippen LogP contribution in [0.3, 0.4) is 0 Å². The molecule has 24 heavy (non-hydrogen) atoms. The molecule has 3 nitrogen and oxygen atoms in total. The molecule has 0 heterocycles. The van der Waals surface area contributed by atoms with E-state index in [-0.39, 0.29) is 11.8 Å². The first kappa shape index (κ1) is 15.9. The largest absolute Gasteiger partial charge is 0.338 e. The van der Waals surface area contributed by atoms with Crippen molar-refractivity contribution in [1.29, 1.82) is 0 Å². The van der Waals surface area contributed by atoms with Crippen molar-refractivity contribution in [2.24, 2.45) is 23.2 Å². The van der Waals surface area contributed by atoms with Gasteiger partial charge in [-0.05, 0) is 79.7 Å². The quantitative estimate of drug-likeness (QED) is 0.845.